The molecule has 2 amide bonds. The minimum atomic E-state index is -0.862. The van der Waals surface area contributed by atoms with Crippen LogP contribution in [0.25, 0.3) is 10.2 Å². The fourth-order valence-corrected chi connectivity index (χ4v) is 4.82. The van der Waals surface area contributed by atoms with E-state index in [1.54, 1.807) is 12.0 Å². The van der Waals surface area contributed by atoms with Crippen LogP contribution in [0.5, 0.6) is 5.75 Å². The Labute approximate surface area is 159 Å². The molecule has 0 radical (unpaired) electrons. The third-order valence-electron chi connectivity index (χ3n) is 5.14. The van der Waals surface area contributed by atoms with Crippen molar-refractivity contribution in [3.05, 3.63) is 47.5 Å². The van der Waals surface area contributed by atoms with Gasteiger partial charge >= 0.3 is 0 Å². The van der Waals surface area contributed by atoms with Gasteiger partial charge in [0.15, 0.2) is 5.13 Å². The first-order chi connectivity index (χ1) is 13.2. The molecular weight excluding hydrogens is 362 g/mol. The molecule has 0 saturated heterocycles. The lowest BCUT2D eigenvalue weighted by atomic mass is 9.95. The van der Waals surface area contributed by atoms with Crippen LogP contribution in [0.1, 0.15) is 23.5 Å². The molecule has 7 heteroatoms. The number of aryl methyl sites for hydroxylation is 1. The maximum Gasteiger partial charge on any atom is 0.244 e. The summed E-state index contributed by atoms with van der Waals surface area (Å²) in [5.74, 6) is -0.696. The van der Waals surface area contributed by atoms with Crippen LogP contribution in [0.4, 0.5) is 10.8 Å². The molecule has 0 aliphatic carbocycles. The molecule has 6 nitrogen and oxygen atoms in total. The first-order valence-corrected chi connectivity index (χ1v) is 9.66. The van der Waals surface area contributed by atoms with Gasteiger partial charge in [-0.25, -0.2) is 4.98 Å². The number of nitrogens with zero attached hydrogens (tertiary/aromatic N) is 2. The van der Waals surface area contributed by atoms with Crippen molar-refractivity contribution in [3.8, 4) is 5.75 Å². The van der Waals surface area contributed by atoms with Gasteiger partial charge in [-0.3, -0.25) is 9.59 Å². The molecule has 0 fully saturated rings. The number of methoxy groups -OCH3 is 1. The van der Waals surface area contributed by atoms with Crippen LogP contribution in [0.3, 0.4) is 0 Å². The Kier molecular flexibility index (Phi) is 3.65. The Morgan fingerprint density at radius 3 is 3.00 bits per heavy atom. The highest BCUT2D eigenvalue weighted by atomic mass is 32.1. The van der Waals surface area contributed by atoms with Gasteiger partial charge in [0.25, 0.3) is 0 Å². The van der Waals surface area contributed by atoms with Gasteiger partial charge in [0, 0.05) is 12.1 Å². The smallest absolute Gasteiger partial charge is 0.244 e. The van der Waals surface area contributed by atoms with Crippen LogP contribution in [0, 0.1) is 0 Å². The van der Waals surface area contributed by atoms with Crippen LogP contribution in [-0.2, 0) is 16.0 Å². The largest absolute Gasteiger partial charge is 0.497 e. The van der Waals surface area contributed by atoms with Gasteiger partial charge in [0.2, 0.25) is 11.8 Å². The predicted octanol–water partition coefficient (Wildman–Crippen LogP) is 3.32. The summed E-state index contributed by atoms with van der Waals surface area (Å²) in [7, 11) is 1.60. The van der Waals surface area contributed by atoms with Crippen molar-refractivity contribution in [1.29, 1.82) is 0 Å². The Morgan fingerprint density at radius 2 is 2.19 bits per heavy atom. The van der Waals surface area contributed by atoms with E-state index in [-0.39, 0.29) is 11.8 Å². The molecule has 136 valence electrons. The molecule has 0 saturated carbocycles. The molecule has 5 rings (SSSR count). The fourth-order valence-electron chi connectivity index (χ4n) is 3.95. The van der Waals surface area contributed by atoms with Crippen molar-refractivity contribution in [2.75, 3.05) is 23.9 Å². The van der Waals surface area contributed by atoms with E-state index in [0.29, 0.717) is 17.4 Å². The van der Waals surface area contributed by atoms with Crippen molar-refractivity contribution in [1.82, 2.24) is 4.98 Å². The van der Waals surface area contributed by atoms with Crippen LogP contribution >= 0.6 is 11.3 Å². The lowest BCUT2D eigenvalue weighted by molar-refractivity contribution is -0.126. The number of benzene rings is 2. The van der Waals surface area contributed by atoms with Gasteiger partial charge in [-0.05, 0) is 42.7 Å². The van der Waals surface area contributed by atoms with Gasteiger partial charge < -0.3 is 15.0 Å². The molecule has 1 aromatic heterocycles. The minimum absolute atomic E-state index is 0.169. The standard InChI is InChI=1S/C20H17N3O3S/c1-26-12-9-11-5-4-8-23-17(11)13(10-12)16(19(23)25)18(24)22-20-21-14-6-2-3-7-15(14)27-20/h2-3,6-7,9-10,16H,4-5,8H2,1H3,(H,21,22,24). The van der Waals surface area contributed by atoms with Crippen LogP contribution in [-0.4, -0.2) is 30.5 Å². The average Bonchev–Trinajstić information content (AvgIpc) is 3.21. The molecule has 1 N–H and O–H groups in total. The first kappa shape index (κ1) is 16.3. The zero-order valence-corrected chi connectivity index (χ0v) is 15.5. The van der Waals surface area contributed by atoms with Crippen molar-refractivity contribution >= 4 is 44.2 Å². The molecule has 1 atom stereocenters. The topological polar surface area (TPSA) is 71.5 Å². The minimum Gasteiger partial charge on any atom is -0.497 e. The molecular formula is C20H17N3O3S. The molecule has 0 bridgehead atoms. The van der Waals surface area contributed by atoms with Crippen LogP contribution in [0.2, 0.25) is 0 Å². The summed E-state index contributed by atoms with van der Waals surface area (Å²) in [5.41, 5.74) is 3.52. The lowest BCUT2D eigenvalue weighted by Crippen LogP contribution is -2.36. The van der Waals surface area contributed by atoms with Crippen molar-refractivity contribution in [2.24, 2.45) is 0 Å². The van der Waals surface area contributed by atoms with Crippen molar-refractivity contribution in [2.45, 2.75) is 18.8 Å². The summed E-state index contributed by atoms with van der Waals surface area (Å²) in [6.07, 6.45) is 1.77. The Morgan fingerprint density at radius 1 is 1.33 bits per heavy atom. The van der Waals surface area contributed by atoms with E-state index in [9.17, 15) is 9.59 Å². The highest BCUT2D eigenvalue weighted by molar-refractivity contribution is 7.22. The second-order valence-electron chi connectivity index (χ2n) is 6.73. The molecule has 2 aromatic carbocycles. The zero-order chi connectivity index (χ0) is 18.5. The molecule has 27 heavy (non-hydrogen) atoms. The SMILES string of the molecule is COc1cc2c3c(c1)C(C(=O)Nc1nc4ccccc4s1)C(=O)N3CCC2. The van der Waals surface area contributed by atoms with Crippen molar-refractivity contribution in [3.63, 3.8) is 0 Å². The highest BCUT2D eigenvalue weighted by Gasteiger charge is 2.44. The number of carbonyl (C=O) groups excluding carboxylic acids is 2. The number of thiazole rings is 1. The number of aromatic nitrogens is 1. The van der Waals surface area contributed by atoms with Gasteiger partial charge in [-0.2, -0.15) is 0 Å². The third-order valence-corrected chi connectivity index (χ3v) is 6.09. The number of anilines is 2. The third kappa shape index (κ3) is 2.49. The molecule has 3 aromatic rings. The number of fused-ring (bicyclic) bond motifs is 1. The van der Waals surface area contributed by atoms with E-state index in [1.165, 1.54) is 11.3 Å². The number of ether oxygens (including phenoxy) is 1. The number of hydrogen-bond acceptors (Lipinski definition) is 5. The summed E-state index contributed by atoms with van der Waals surface area (Å²) in [4.78, 5) is 32.2. The molecule has 3 heterocycles. The molecule has 2 aliphatic rings. The number of para-hydroxylation sites is 1. The predicted molar refractivity (Wildman–Crippen MR) is 105 cm³/mol. The van der Waals surface area contributed by atoms with Gasteiger partial charge in [-0.15, -0.1) is 0 Å². The fraction of sp³-hybridized carbons (Fsp3) is 0.250. The van der Waals surface area contributed by atoms with E-state index in [0.717, 1.165) is 39.9 Å². The second kappa shape index (κ2) is 6.06. The average molecular weight is 379 g/mol. The van der Waals surface area contributed by atoms with E-state index in [4.69, 9.17) is 4.74 Å². The Bertz CT molecular complexity index is 1060. The quantitative estimate of drug-likeness (QED) is 0.709. The maximum atomic E-state index is 13.0. The zero-order valence-electron chi connectivity index (χ0n) is 14.7. The molecule has 1 unspecified atom stereocenters. The summed E-state index contributed by atoms with van der Waals surface area (Å²) in [6, 6.07) is 11.5. The normalized spacial score (nSPS) is 17.9. The van der Waals surface area contributed by atoms with E-state index in [2.05, 4.69) is 10.3 Å². The summed E-state index contributed by atoms with van der Waals surface area (Å²) in [5, 5.41) is 3.35. The van der Waals surface area contributed by atoms with Crippen molar-refractivity contribution < 1.29 is 14.3 Å². The molecule has 2 aliphatic heterocycles. The first-order valence-electron chi connectivity index (χ1n) is 8.84. The number of nitrogens with one attached hydrogen (secondary N) is 1. The summed E-state index contributed by atoms with van der Waals surface area (Å²) in [6.45, 7) is 0.649. The van der Waals surface area contributed by atoms with E-state index < -0.39 is 5.92 Å². The number of carbonyl (C=O) groups is 2. The highest BCUT2D eigenvalue weighted by Crippen LogP contribution is 2.45. The number of amides is 2. The van der Waals surface area contributed by atoms with Gasteiger partial charge in [0.05, 0.1) is 23.0 Å². The van der Waals surface area contributed by atoms with Crippen LogP contribution in [0.15, 0.2) is 36.4 Å². The van der Waals surface area contributed by atoms with E-state index in [1.807, 2.05) is 36.4 Å². The molecule has 0 spiro atoms. The number of rotatable bonds is 3. The van der Waals surface area contributed by atoms with Gasteiger partial charge in [-0.1, -0.05) is 23.5 Å². The number of hydrogen-bond donors (Lipinski definition) is 1. The Balaban J connectivity index is 1.52. The Hall–Kier alpha value is -2.93. The summed E-state index contributed by atoms with van der Waals surface area (Å²) < 4.78 is 6.39. The monoisotopic (exact) mass is 379 g/mol. The van der Waals surface area contributed by atoms with E-state index >= 15 is 0 Å². The summed E-state index contributed by atoms with van der Waals surface area (Å²) >= 11 is 1.40. The van der Waals surface area contributed by atoms with Gasteiger partial charge in [0.1, 0.15) is 11.7 Å². The second-order valence-corrected chi connectivity index (χ2v) is 7.76. The maximum absolute atomic E-state index is 13.0. The van der Waals surface area contributed by atoms with Crippen LogP contribution < -0.4 is 15.0 Å². The lowest BCUT2D eigenvalue weighted by Gasteiger charge is -2.25.